The molecule has 0 aromatic heterocycles. The maximum atomic E-state index is 6.55. The molecule has 1 nitrogen and oxygen atoms in total. The fraction of sp³-hybridized carbons (Fsp3) is 0.200. The van der Waals surface area contributed by atoms with Crippen LogP contribution in [0.2, 0.25) is 0 Å². The number of hydrogen-bond acceptors (Lipinski definition) is 1. The predicted octanol–water partition coefficient (Wildman–Crippen LogP) is 4.41. The van der Waals surface area contributed by atoms with Crippen LogP contribution in [0.25, 0.3) is 11.1 Å². The van der Waals surface area contributed by atoms with E-state index >= 15 is 0 Å². The van der Waals surface area contributed by atoms with Gasteiger partial charge in [-0.2, -0.15) is 0 Å². The largest absolute Gasteiger partial charge is 0.377 e. The van der Waals surface area contributed by atoms with Gasteiger partial charge in [0.25, 0.3) is 0 Å². The molecule has 0 spiro atoms. The lowest BCUT2D eigenvalue weighted by Gasteiger charge is -2.19. The van der Waals surface area contributed by atoms with Crippen molar-refractivity contribution in [3.63, 3.8) is 0 Å². The Kier molecular flexibility index (Phi) is 2.58. The fourth-order valence-electron chi connectivity index (χ4n) is 2.58. The predicted molar refractivity (Wildman–Crippen MR) is 78.7 cm³/mol. The fourth-order valence-corrected chi connectivity index (χ4v) is 3.22. The van der Waals surface area contributed by atoms with Crippen molar-refractivity contribution in [3.05, 3.63) is 53.6 Å². The molecule has 0 saturated carbocycles. The summed E-state index contributed by atoms with van der Waals surface area (Å²) in [6.45, 7) is 0. The van der Waals surface area contributed by atoms with Crippen LogP contribution < -0.4 is 4.90 Å². The van der Waals surface area contributed by atoms with Crippen molar-refractivity contribution in [2.75, 3.05) is 19.0 Å². The summed E-state index contributed by atoms with van der Waals surface area (Å²) in [6.07, 6.45) is 0. The summed E-state index contributed by atoms with van der Waals surface area (Å²) in [4.78, 5) is 2.09. The van der Waals surface area contributed by atoms with Crippen LogP contribution in [-0.2, 0) is 4.33 Å². The number of nitrogens with zero attached hydrogens (tertiary/aromatic N) is 1. The zero-order chi connectivity index (χ0) is 12.9. The Morgan fingerprint density at radius 2 is 1.56 bits per heavy atom. The van der Waals surface area contributed by atoms with Gasteiger partial charge in [-0.25, -0.2) is 0 Å². The summed E-state index contributed by atoms with van der Waals surface area (Å²) in [6, 6.07) is 14.2. The summed E-state index contributed by atoms with van der Waals surface area (Å²) in [5.41, 5.74) is 5.35. The van der Waals surface area contributed by atoms with Gasteiger partial charge in [-0.05, 0) is 11.6 Å². The molecule has 0 saturated heterocycles. The second-order valence-corrected chi connectivity index (χ2v) is 6.04. The molecular weight excluding hydrogens is 265 g/mol. The van der Waals surface area contributed by atoms with Gasteiger partial charge in [0.05, 0.1) is 0 Å². The highest BCUT2D eigenvalue weighted by Gasteiger charge is 2.41. The molecule has 18 heavy (non-hydrogen) atoms. The Morgan fingerprint density at radius 3 is 2.28 bits per heavy atom. The Bertz CT molecular complexity index is 618. The molecule has 0 radical (unpaired) electrons. The molecule has 92 valence electrons. The van der Waals surface area contributed by atoms with Crippen LogP contribution >= 0.6 is 23.2 Å². The van der Waals surface area contributed by atoms with Crippen molar-refractivity contribution >= 4 is 28.9 Å². The molecule has 0 aliphatic heterocycles. The first kappa shape index (κ1) is 11.9. The van der Waals surface area contributed by atoms with Crippen LogP contribution in [0.1, 0.15) is 11.1 Å². The van der Waals surface area contributed by atoms with Crippen molar-refractivity contribution in [3.8, 4) is 11.1 Å². The Labute approximate surface area is 117 Å². The van der Waals surface area contributed by atoms with Gasteiger partial charge in [0.15, 0.2) is 4.33 Å². The summed E-state index contributed by atoms with van der Waals surface area (Å²) in [7, 11) is 4.06. The minimum atomic E-state index is -0.946. The number of hydrogen-bond donors (Lipinski definition) is 0. The van der Waals surface area contributed by atoms with E-state index in [2.05, 4.69) is 17.0 Å². The van der Waals surface area contributed by atoms with Gasteiger partial charge >= 0.3 is 0 Å². The van der Waals surface area contributed by atoms with E-state index in [4.69, 9.17) is 23.2 Å². The zero-order valence-electron chi connectivity index (χ0n) is 10.2. The topological polar surface area (TPSA) is 3.24 Å². The first-order valence-electron chi connectivity index (χ1n) is 5.82. The van der Waals surface area contributed by atoms with Crippen LogP contribution in [0.5, 0.6) is 0 Å². The molecule has 0 atom stereocenters. The van der Waals surface area contributed by atoms with Gasteiger partial charge in [0, 0.05) is 36.5 Å². The molecule has 1 aliphatic rings. The zero-order valence-corrected chi connectivity index (χ0v) is 11.8. The van der Waals surface area contributed by atoms with Gasteiger partial charge in [-0.1, -0.05) is 59.6 Å². The molecule has 2 aromatic rings. The quantitative estimate of drug-likeness (QED) is 0.698. The lowest BCUT2D eigenvalue weighted by Crippen LogP contribution is -2.11. The van der Waals surface area contributed by atoms with E-state index in [1.165, 1.54) is 0 Å². The monoisotopic (exact) mass is 277 g/mol. The Hall–Kier alpha value is -1.18. The third-order valence-electron chi connectivity index (χ3n) is 3.40. The van der Waals surface area contributed by atoms with Gasteiger partial charge in [-0.3, -0.25) is 0 Å². The van der Waals surface area contributed by atoms with E-state index < -0.39 is 4.33 Å². The second-order valence-electron chi connectivity index (χ2n) is 4.71. The molecule has 0 N–H and O–H groups in total. The SMILES string of the molecule is CN(C)c1cccc2c1-c1ccccc1C2(Cl)Cl. The number of benzene rings is 2. The average Bonchev–Trinajstić information content (AvgIpc) is 2.59. The lowest BCUT2D eigenvalue weighted by molar-refractivity contribution is 1.08. The van der Waals surface area contributed by atoms with Crippen molar-refractivity contribution in [1.82, 2.24) is 0 Å². The van der Waals surface area contributed by atoms with Crippen molar-refractivity contribution in [2.24, 2.45) is 0 Å². The van der Waals surface area contributed by atoms with E-state index in [1.807, 2.05) is 44.4 Å². The highest BCUT2D eigenvalue weighted by Crippen LogP contribution is 2.56. The molecule has 0 bridgehead atoms. The molecule has 0 unspecified atom stereocenters. The number of alkyl halides is 2. The van der Waals surface area contributed by atoms with E-state index in [0.717, 1.165) is 27.9 Å². The molecular formula is C15H13Cl2N. The third-order valence-corrected chi connectivity index (χ3v) is 4.21. The van der Waals surface area contributed by atoms with E-state index in [0.29, 0.717) is 0 Å². The standard InChI is InChI=1S/C15H13Cl2N/c1-18(2)13-9-5-8-12-14(13)10-6-3-4-7-11(10)15(12,16)17/h3-9H,1-2H3. The molecule has 3 heteroatoms. The molecule has 0 fully saturated rings. The summed E-state index contributed by atoms with van der Waals surface area (Å²) < 4.78 is -0.946. The van der Waals surface area contributed by atoms with Crippen molar-refractivity contribution < 1.29 is 0 Å². The number of fused-ring (bicyclic) bond motifs is 3. The van der Waals surface area contributed by atoms with Crippen molar-refractivity contribution in [1.29, 1.82) is 0 Å². The highest BCUT2D eigenvalue weighted by atomic mass is 35.5. The van der Waals surface area contributed by atoms with Gasteiger partial charge < -0.3 is 4.90 Å². The minimum Gasteiger partial charge on any atom is -0.377 e. The summed E-state index contributed by atoms with van der Waals surface area (Å²) >= 11 is 13.1. The summed E-state index contributed by atoms with van der Waals surface area (Å²) in [5.74, 6) is 0. The number of halogens is 2. The molecule has 3 rings (SSSR count). The molecule has 0 heterocycles. The van der Waals surface area contributed by atoms with Crippen LogP contribution in [0.4, 0.5) is 5.69 Å². The number of anilines is 1. The smallest absolute Gasteiger partial charge is 0.169 e. The molecule has 2 aromatic carbocycles. The third kappa shape index (κ3) is 1.47. The van der Waals surface area contributed by atoms with E-state index in [9.17, 15) is 0 Å². The van der Waals surface area contributed by atoms with Crippen molar-refractivity contribution in [2.45, 2.75) is 4.33 Å². The second kappa shape index (κ2) is 3.91. The first-order chi connectivity index (χ1) is 8.53. The van der Waals surface area contributed by atoms with Gasteiger partial charge in [-0.15, -0.1) is 0 Å². The van der Waals surface area contributed by atoms with Gasteiger partial charge in [0.1, 0.15) is 0 Å². The first-order valence-corrected chi connectivity index (χ1v) is 6.57. The van der Waals surface area contributed by atoms with E-state index in [-0.39, 0.29) is 0 Å². The maximum Gasteiger partial charge on any atom is 0.169 e. The molecule has 1 aliphatic carbocycles. The van der Waals surface area contributed by atoms with Gasteiger partial charge in [0.2, 0.25) is 0 Å². The van der Waals surface area contributed by atoms with Crippen LogP contribution in [0.15, 0.2) is 42.5 Å². The summed E-state index contributed by atoms with van der Waals surface area (Å²) in [5, 5.41) is 0. The molecule has 0 amide bonds. The Morgan fingerprint density at radius 1 is 0.889 bits per heavy atom. The van der Waals surface area contributed by atoms with E-state index in [1.54, 1.807) is 0 Å². The highest BCUT2D eigenvalue weighted by molar-refractivity contribution is 6.51. The van der Waals surface area contributed by atoms with Crippen LogP contribution in [-0.4, -0.2) is 14.1 Å². The number of rotatable bonds is 1. The van der Waals surface area contributed by atoms with Crippen LogP contribution in [0.3, 0.4) is 0 Å². The van der Waals surface area contributed by atoms with Crippen LogP contribution in [0, 0.1) is 0 Å². The normalized spacial score (nSPS) is 15.1. The lowest BCUT2D eigenvalue weighted by atomic mass is 10.0. The maximum absolute atomic E-state index is 6.55. The Balaban J connectivity index is 2.40. The average molecular weight is 278 g/mol. The minimum absolute atomic E-state index is 0.946.